The van der Waals surface area contributed by atoms with E-state index in [1.54, 1.807) is 12.7 Å². The van der Waals surface area contributed by atoms with Gasteiger partial charge in [0.15, 0.2) is 0 Å². The first-order chi connectivity index (χ1) is 10.4. The van der Waals surface area contributed by atoms with Gasteiger partial charge in [-0.3, -0.25) is 9.47 Å². The van der Waals surface area contributed by atoms with Gasteiger partial charge in [-0.15, -0.1) is 10.2 Å². The topological polar surface area (TPSA) is 55.0 Å². The molecular formula is C13H15N7S. The molecule has 108 valence electrons. The van der Waals surface area contributed by atoms with Crippen LogP contribution in [0.5, 0.6) is 0 Å². The van der Waals surface area contributed by atoms with Crippen LogP contribution in [-0.2, 0) is 6.67 Å². The zero-order chi connectivity index (χ0) is 14.2. The summed E-state index contributed by atoms with van der Waals surface area (Å²) in [5, 5.41) is 9.85. The highest BCUT2D eigenvalue weighted by Crippen LogP contribution is 2.26. The summed E-state index contributed by atoms with van der Waals surface area (Å²) in [5.41, 5.74) is 2.13. The Labute approximate surface area is 127 Å². The molecule has 3 heterocycles. The Morgan fingerprint density at radius 2 is 1.90 bits per heavy atom. The molecular weight excluding hydrogens is 286 g/mol. The Kier molecular flexibility index (Phi) is 3.04. The fourth-order valence-corrected chi connectivity index (χ4v) is 2.96. The number of para-hydroxylation sites is 2. The summed E-state index contributed by atoms with van der Waals surface area (Å²) < 4.78 is 4.07. The minimum absolute atomic E-state index is 0.738. The summed E-state index contributed by atoms with van der Waals surface area (Å²) in [6.07, 6.45) is 3.38. The number of hydrogen-bond acceptors (Lipinski definition) is 6. The molecule has 0 unspecified atom stereocenters. The van der Waals surface area contributed by atoms with E-state index in [2.05, 4.69) is 43.4 Å². The fourth-order valence-electron chi connectivity index (χ4n) is 2.68. The molecule has 0 amide bonds. The molecule has 0 atom stereocenters. The summed E-state index contributed by atoms with van der Waals surface area (Å²) in [6, 6.07) is 8.18. The zero-order valence-corrected chi connectivity index (χ0v) is 12.3. The number of anilines is 1. The first kappa shape index (κ1) is 12.7. The molecule has 0 spiro atoms. The Morgan fingerprint density at radius 1 is 1.10 bits per heavy atom. The van der Waals surface area contributed by atoms with Gasteiger partial charge in [-0.05, 0) is 12.1 Å². The predicted molar refractivity (Wildman–Crippen MR) is 83.1 cm³/mol. The number of aromatic nitrogens is 5. The van der Waals surface area contributed by atoms with Gasteiger partial charge in [0.1, 0.15) is 12.7 Å². The van der Waals surface area contributed by atoms with E-state index in [0.717, 1.165) is 42.6 Å². The lowest BCUT2D eigenvalue weighted by Crippen LogP contribution is -2.47. The summed E-state index contributed by atoms with van der Waals surface area (Å²) >= 11 is 4.35. The number of rotatable bonds is 3. The Balaban J connectivity index is 1.86. The van der Waals surface area contributed by atoms with Crippen LogP contribution in [-0.4, -0.2) is 48.3 Å². The van der Waals surface area contributed by atoms with E-state index in [1.807, 2.05) is 22.9 Å². The van der Waals surface area contributed by atoms with Gasteiger partial charge in [-0.1, -0.05) is 12.1 Å². The average molecular weight is 301 g/mol. The highest BCUT2D eigenvalue weighted by Gasteiger charge is 2.26. The summed E-state index contributed by atoms with van der Waals surface area (Å²) in [7, 11) is 0. The number of fused-ring (bicyclic) bond motifs is 3. The first-order valence-corrected chi connectivity index (χ1v) is 7.41. The van der Waals surface area contributed by atoms with Crippen molar-refractivity contribution in [3.05, 3.63) is 36.9 Å². The number of benzene rings is 1. The van der Waals surface area contributed by atoms with E-state index in [1.165, 1.54) is 0 Å². The van der Waals surface area contributed by atoms with Gasteiger partial charge in [0.05, 0.1) is 24.4 Å². The fraction of sp³-hybridized carbons (Fsp3) is 0.308. The van der Waals surface area contributed by atoms with Crippen molar-refractivity contribution in [2.75, 3.05) is 24.0 Å². The van der Waals surface area contributed by atoms with Crippen molar-refractivity contribution in [3.8, 4) is 0 Å². The van der Waals surface area contributed by atoms with Crippen LogP contribution in [0.1, 0.15) is 0 Å². The third-order valence-corrected chi connectivity index (χ3v) is 3.84. The van der Waals surface area contributed by atoms with Crippen LogP contribution in [0.4, 0.5) is 5.95 Å². The van der Waals surface area contributed by atoms with Crippen LogP contribution in [0.2, 0.25) is 0 Å². The van der Waals surface area contributed by atoms with Crippen molar-refractivity contribution in [2.45, 2.75) is 6.67 Å². The molecule has 2 aromatic heterocycles. The monoisotopic (exact) mass is 301 g/mol. The molecule has 1 aliphatic heterocycles. The molecule has 0 saturated carbocycles. The summed E-state index contributed by atoms with van der Waals surface area (Å²) in [6.45, 7) is 2.46. The lowest BCUT2D eigenvalue weighted by Gasteiger charge is -2.36. The van der Waals surface area contributed by atoms with Gasteiger partial charge < -0.3 is 0 Å². The number of thiol groups is 1. The van der Waals surface area contributed by atoms with Crippen molar-refractivity contribution in [3.63, 3.8) is 0 Å². The maximum absolute atomic E-state index is 4.75. The van der Waals surface area contributed by atoms with E-state index in [-0.39, 0.29) is 0 Å². The smallest absolute Gasteiger partial charge is 0.228 e. The van der Waals surface area contributed by atoms with Gasteiger partial charge >= 0.3 is 0 Å². The lowest BCUT2D eigenvalue weighted by molar-refractivity contribution is 0.203. The lowest BCUT2D eigenvalue weighted by atomic mass is 10.3. The highest BCUT2D eigenvalue weighted by atomic mass is 32.1. The third-order valence-electron chi connectivity index (χ3n) is 3.64. The number of nitrogens with zero attached hydrogens (tertiary/aromatic N) is 7. The molecule has 8 heteroatoms. The second-order valence-corrected chi connectivity index (χ2v) is 5.42. The van der Waals surface area contributed by atoms with Crippen molar-refractivity contribution in [1.82, 2.24) is 29.3 Å². The van der Waals surface area contributed by atoms with Gasteiger partial charge in [0.25, 0.3) is 0 Å². The molecule has 0 radical (unpaired) electrons. The van der Waals surface area contributed by atoms with Gasteiger partial charge in [-0.25, -0.2) is 14.7 Å². The zero-order valence-electron chi connectivity index (χ0n) is 11.4. The molecule has 4 rings (SSSR count). The van der Waals surface area contributed by atoms with E-state index < -0.39 is 0 Å². The molecule has 0 aliphatic carbocycles. The van der Waals surface area contributed by atoms with Gasteiger partial charge in [0.2, 0.25) is 5.95 Å². The Bertz CT molecular complexity index is 751. The molecule has 7 nitrogen and oxygen atoms in total. The molecule has 1 aromatic carbocycles. The molecule has 1 aliphatic rings. The number of hydrogen-bond donors (Lipinski definition) is 1. The van der Waals surface area contributed by atoms with E-state index >= 15 is 0 Å². The van der Waals surface area contributed by atoms with E-state index in [9.17, 15) is 0 Å². The van der Waals surface area contributed by atoms with Crippen LogP contribution in [0, 0.1) is 0 Å². The van der Waals surface area contributed by atoms with Crippen LogP contribution in [0.15, 0.2) is 36.9 Å². The van der Waals surface area contributed by atoms with E-state index in [4.69, 9.17) is 4.98 Å². The van der Waals surface area contributed by atoms with Gasteiger partial charge in [-0.2, -0.15) is 12.6 Å². The quantitative estimate of drug-likeness (QED) is 0.733. The molecule has 0 saturated heterocycles. The van der Waals surface area contributed by atoms with Crippen molar-refractivity contribution >= 4 is 29.6 Å². The summed E-state index contributed by atoms with van der Waals surface area (Å²) in [4.78, 5) is 7.07. The maximum atomic E-state index is 4.75. The molecule has 0 bridgehead atoms. The van der Waals surface area contributed by atoms with Crippen molar-refractivity contribution in [1.29, 1.82) is 0 Å². The first-order valence-electron chi connectivity index (χ1n) is 6.78. The normalized spacial score (nSPS) is 15.6. The predicted octanol–water partition coefficient (Wildman–Crippen LogP) is 1.06. The Morgan fingerprint density at radius 3 is 2.71 bits per heavy atom. The van der Waals surface area contributed by atoms with Gasteiger partial charge in [0, 0.05) is 12.3 Å². The number of imidazole rings is 1. The second-order valence-electron chi connectivity index (χ2n) is 4.97. The van der Waals surface area contributed by atoms with E-state index in [0.29, 0.717) is 0 Å². The van der Waals surface area contributed by atoms with Crippen LogP contribution >= 0.6 is 12.6 Å². The molecule has 21 heavy (non-hydrogen) atoms. The summed E-state index contributed by atoms with van der Waals surface area (Å²) in [5.74, 6) is 1.73. The van der Waals surface area contributed by atoms with Crippen LogP contribution < -0.4 is 5.01 Å². The average Bonchev–Trinajstić information content (AvgIpc) is 3.14. The van der Waals surface area contributed by atoms with Crippen molar-refractivity contribution in [2.24, 2.45) is 0 Å². The van der Waals surface area contributed by atoms with Crippen LogP contribution in [0.25, 0.3) is 11.0 Å². The standard InChI is InChI=1S/C13H15N7S/c21-6-5-17-9-19-12-4-2-1-3-11(12)16-13(19)20(10-17)18-7-14-15-8-18/h1-4,7-8,21H,5-6,9-10H2. The SMILES string of the molecule is SCCN1CN(n2cnnc2)c2nc3ccccc3n2C1. The molecule has 3 aromatic rings. The maximum Gasteiger partial charge on any atom is 0.228 e. The van der Waals surface area contributed by atoms with Crippen LogP contribution in [0.3, 0.4) is 0 Å². The molecule has 0 N–H and O–H groups in total. The Hall–Kier alpha value is -2.06. The molecule has 0 fully saturated rings. The minimum Gasteiger partial charge on any atom is -0.295 e. The second kappa shape index (κ2) is 5.05. The highest BCUT2D eigenvalue weighted by molar-refractivity contribution is 7.80. The largest absolute Gasteiger partial charge is 0.295 e. The minimum atomic E-state index is 0.738. The third kappa shape index (κ3) is 2.07. The van der Waals surface area contributed by atoms with Crippen molar-refractivity contribution < 1.29 is 0 Å².